The van der Waals surface area contributed by atoms with Gasteiger partial charge in [-0.25, -0.2) is 4.98 Å². The van der Waals surface area contributed by atoms with Gasteiger partial charge >= 0.3 is 0 Å². The number of aliphatic hydroxyl groups is 1. The lowest BCUT2D eigenvalue weighted by atomic mass is 10.1. The molecule has 0 spiro atoms. The summed E-state index contributed by atoms with van der Waals surface area (Å²) in [6, 6.07) is 13.9. The van der Waals surface area contributed by atoms with Crippen molar-refractivity contribution in [2.75, 3.05) is 5.32 Å². The number of nitrogens with one attached hydrogen (secondary N) is 1. The van der Waals surface area contributed by atoms with Gasteiger partial charge in [0.1, 0.15) is 23.5 Å². The van der Waals surface area contributed by atoms with Gasteiger partial charge in [-0.15, -0.1) is 0 Å². The molecule has 1 fully saturated rings. The number of pyridine rings is 1. The molecule has 2 unspecified atom stereocenters. The van der Waals surface area contributed by atoms with Gasteiger partial charge < -0.3 is 15.2 Å². The van der Waals surface area contributed by atoms with Gasteiger partial charge in [-0.1, -0.05) is 30.3 Å². The van der Waals surface area contributed by atoms with Gasteiger partial charge in [0.25, 0.3) is 0 Å². The maximum absolute atomic E-state index is 9.84. The zero-order chi connectivity index (χ0) is 20.7. The SMILES string of the molecule is Cn1nc(-c2ccccc2)cc1Nc1cc(OC2CCC(O)C2)c2cnn(C)c2n1. The third-order valence-corrected chi connectivity index (χ3v) is 5.52. The molecule has 0 radical (unpaired) electrons. The minimum absolute atomic E-state index is 0.0000393. The van der Waals surface area contributed by atoms with Gasteiger partial charge in [-0.2, -0.15) is 10.2 Å². The molecule has 8 nitrogen and oxygen atoms in total. The summed E-state index contributed by atoms with van der Waals surface area (Å²) in [5.74, 6) is 2.20. The van der Waals surface area contributed by atoms with Crippen LogP contribution in [0.25, 0.3) is 22.3 Å². The summed E-state index contributed by atoms with van der Waals surface area (Å²) in [4.78, 5) is 4.72. The van der Waals surface area contributed by atoms with E-state index in [1.807, 2.05) is 56.6 Å². The van der Waals surface area contributed by atoms with Crippen LogP contribution in [-0.4, -0.2) is 41.9 Å². The minimum Gasteiger partial charge on any atom is -0.489 e. The number of anilines is 2. The Morgan fingerprint density at radius 3 is 2.70 bits per heavy atom. The smallest absolute Gasteiger partial charge is 0.163 e. The normalized spacial score (nSPS) is 18.8. The number of benzene rings is 1. The summed E-state index contributed by atoms with van der Waals surface area (Å²) in [6.45, 7) is 0. The van der Waals surface area contributed by atoms with Gasteiger partial charge in [0.05, 0.1) is 23.4 Å². The summed E-state index contributed by atoms with van der Waals surface area (Å²) in [6.07, 6.45) is 3.74. The second-order valence-electron chi connectivity index (χ2n) is 7.75. The molecule has 8 heteroatoms. The molecule has 1 saturated carbocycles. The first kappa shape index (κ1) is 18.6. The number of hydrogen-bond acceptors (Lipinski definition) is 6. The molecule has 1 aliphatic carbocycles. The maximum Gasteiger partial charge on any atom is 0.163 e. The van der Waals surface area contributed by atoms with Crippen molar-refractivity contribution >= 4 is 22.7 Å². The third kappa shape index (κ3) is 3.50. The topological polar surface area (TPSA) is 90.0 Å². The van der Waals surface area contributed by atoms with Crippen molar-refractivity contribution in [2.45, 2.75) is 31.5 Å². The van der Waals surface area contributed by atoms with Crippen molar-refractivity contribution < 1.29 is 9.84 Å². The molecular weight excluding hydrogens is 380 g/mol. The van der Waals surface area contributed by atoms with Gasteiger partial charge in [-0.05, 0) is 12.8 Å². The average Bonchev–Trinajstić information content (AvgIpc) is 3.43. The lowest BCUT2D eigenvalue weighted by molar-refractivity contribution is 0.150. The second kappa shape index (κ2) is 7.46. The Morgan fingerprint density at radius 1 is 1.10 bits per heavy atom. The first-order valence-corrected chi connectivity index (χ1v) is 10.1. The highest BCUT2D eigenvalue weighted by Gasteiger charge is 2.25. The van der Waals surface area contributed by atoms with Gasteiger partial charge in [0, 0.05) is 38.2 Å². The van der Waals surface area contributed by atoms with Crippen molar-refractivity contribution in [2.24, 2.45) is 14.1 Å². The van der Waals surface area contributed by atoms with Crippen LogP contribution in [-0.2, 0) is 14.1 Å². The molecule has 0 saturated heterocycles. The Balaban J connectivity index is 1.47. The van der Waals surface area contributed by atoms with Crippen LogP contribution >= 0.6 is 0 Å². The maximum atomic E-state index is 9.84. The lowest BCUT2D eigenvalue weighted by Crippen LogP contribution is -2.14. The molecule has 0 bridgehead atoms. The molecule has 30 heavy (non-hydrogen) atoms. The largest absolute Gasteiger partial charge is 0.489 e. The fourth-order valence-electron chi connectivity index (χ4n) is 3.92. The van der Waals surface area contributed by atoms with Crippen molar-refractivity contribution in [3.63, 3.8) is 0 Å². The summed E-state index contributed by atoms with van der Waals surface area (Å²) in [7, 11) is 3.76. The third-order valence-electron chi connectivity index (χ3n) is 5.52. The number of aryl methyl sites for hydroxylation is 2. The van der Waals surface area contributed by atoms with Crippen molar-refractivity contribution in [1.29, 1.82) is 0 Å². The van der Waals surface area contributed by atoms with Crippen LogP contribution in [0, 0.1) is 0 Å². The highest BCUT2D eigenvalue weighted by atomic mass is 16.5. The Hall–Kier alpha value is -3.39. The van der Waals surface area contributed by atoms with E-state index in [9.17, 15) is 5.11 Å². The number of nitrogens with zero attached hydrogens (tertiary/aromatic N) is 5. The standard InChI is InChI=1S/C22H24N6O2/c1-27-21(11-18(26-27)14-6-4-3-5-7-14)24-20-12-19(30-16-9-8-15(29)10-16)17-13-23-28(2)22(17)25-20/h3-7,11-13,15-16,29H,8-10H2,1-2H3,(H,24,25). The molecule has 154 valence electrons. The first-order chi connectivity index (χ1) is 14.6. The monoisotopic (exact) mass is 404 g/mol. The highest BCUT2D eigenvalue weighted by Crippen LogP contribution is 2.33. The fraction of sp³-hybridized carbons (Fsp3) is 0.318. The van der Waals surface area contributed by atoms with Crippen molar-refractivity contribution in [3.05, 3.63) is 48.7 Å². The zero-order valence-electron chi connectivity index (χ0n) is 17.0. The molecule has 4 aromatic rings. The van der Waals surface area contributed by atoms with Crippen molar-refractivity contribution in [3.8, 4) is 17.0 Å². The summed E-state index contributed by atoms with van der Waals surface area (Å²) >= 11 is 0. The number of ether oxygens (including phenoxy) is 1. The summed E-state index contributed by atoms with van der Waals surface area (Å²) in [5.41, 5.74) is 2.68. The predicted octanol–water partition coefficient (Wildman–Crippen LogP) is 3.40. The van der Waals surface area contributed by atoms with Gasteiger partial charge in [-0.3, -0.25) is 9.36 Å². The van der Waals surface area contributed by atoms with Crippen molar-refractivity contribution in [1.82, 2.24) is 24.5 Å². The highest BCUT2D eigenvalue weighted by molar-refractivity contribution is 5.84. The molecule has 2 atom stereocenters. The molecule has 1 aromatic carbocycles. The van der Waals surface area contributed by atoms with E-state index in [2.05, 4.69) is 15.5 Å². The number of fused-ring (bicyclic) bond motifs is 1. The molecule has 3 heterocycles. The van der Waals surface area contributed by atoms with E-state index in [1.165, 1.54) is 0 Å². The minimum atomic E-state index is -0.287. The quantitative estimate of drug-likeness (QED) is 0.530. The van der Waals surface area contributed by atoms with E-state index in [1.54, 1.807) is 15.6 Å². The Kier molecular flexibility index (Phi) is 4.63. The van der Waals surface area contributed by atoms with E-state index in [-0.39, 0.29) is 12.2 Å². The second-order valence-corrected chi connectivity index (χ2v) is 7.75. The fourth-order valence-corrected chi connectivity index (χ4v) is 3.92. The number of aromatic nitrogens is 5. The van der Waals surface area contributed by atoms with Gasteiger partial charge in [0.15, 0.2) is 5.65 Å². The van der Waals surface area contributed by atoms with Crippen LogP contribution in [0.2, 0.25) is 0 Å². The summed E-state index contributed by atoms with van der Waals surface area (Å²) < 4.78 is 9.77. The predicted molar refractivity (Wildman–Crippen MR) is 115 cm³/mol. The Labute approximate surface area is 174 Å². The first-order valence-electron chi connectivity index (χ1n) is 10.1. The number of hydrogen-bond donors (Lipinski definition) is 2. The van der Waals surface area contributed by atoms with Crippen LogP contribution in [0.15, 0.2) is 48.7 Å². The zero-order valence-corrected chi connectivity index (χ0v) is 17.0. The van der Waals surface area contributed by atoms with Crippen LogP contribution in [0.4, 0.5) is 11.6 Å². The van der Waals surface area contributed by atoms with Crippen LogP contribution in [0.1, 0.15) is 19.3 Å². The van der Waals surface area contributed by atoms with E-state index in [0.717, 1.165) is 46.7 Å². The molecule has 3 aromatic heterocycles. The van der Waals surface area contributed by atoms with Crippen LogP contribution < -0.4 is 10.1 Å². The number of aliphatic hydroxyl groups excluding tert-OH is 1. The molecule has 0 aliphatic heterocycles. The van der Waals surface area contributed by atoms with E-state index in [4.69, 9.17) is 9.72 Å². The molecule has 2 N–H and O–H groups in total. The Bertz CT molecular complexity index is 1180. The number of rotatable bonds is 5. The lowest BCUT2D eigenvalue weighted by Gasteiger charge is -2.15. The van der Waals surface area contributed by atoms with Gasteiger partial charge in [0.2, 0.25) is 0 Å². The summed E-state index contributed by atoms with van der Waals surface area (Å²) in [5, 5.41) is 23.0. The molecule has 5 rings (SSSR count). The van der Waals surface area contributed by atoms with E-state index in [0.29, 0.717) is 12.2 Å². The van der Waals surface area contributed by atoms with Crippen LogP contribution in [0.3, 0.4) is 0 Å². The molecule has 1 aliphatic rings. The molecule has 0 amide bonds. The Morgan fingerprint density at radius 2 is 1.93 bits per heavy atom. The van der Waals surface area contributed by atoms with Crippen LogP contribution in [0.5, 0.6) is 5.75 Å². The van der Waals surface area contributed by atoms with E-state index >= 15 is 0 Å². The van der Waals surface area contributed by atoms with E-state index < -0.39 is 0 Å². The molecular formula is C22H24N6O2. The average molecular weight is 404 g/mol.